The third-order valence-electron chi connectivity index (χ3n) is 2.30. The van der Waals surface area contributed by atoms with Crippen molar-refractivity contribution >= 4 is 21.8 Å². The Morgan fingerprint density at radius 1 is 1.62 bits per heavy atom. The Balaban J connectivity index is 2.48. The van der Waals surface area contributed by atoms with Gasteiger partial charge in [0.2, 0.25) is 5.91 Å². The molecule has 76 valence electrons. The zero-order valence-electron chi connectivity index (χ0n) is 8.03. The molecule has 2 atom stereocenters. The van der Waals surface area contributed by atoms with Crippen LogP contribution < -0.4 is 0 Å². The minimum atomic E-state index is -0.323. The highest BCUT2D eigenvalue weighted by atomic mass is 79.9. The zero-order chi connectivity index (χ0) is 10.0. The Morgan fingerprint density at radius 3 is 2.62 bits per heavy atom. The van der Waals surface area contributed by atoms with Crippen LogP contribution in [0.1, 0.15) is 20.3 Å². The van der Waals surface area contributed by atoms with Crippen molar-refractivity contribution in [3.8, 4) is 0 Å². The SMILES string of the molecule is CC(C)C(Br)C(=O)N1CC[C@H](O)C1. The Labute approximate surface area is 87.2 Å². The van der Waals surface area contributed by atoms with Gasteiger partial charge in [0.25, 0.3) is 0 Å². The first kappa shape index (κ1) is 11.0. The molecule has 0 saturated carbocycles. The number of aliphatic hydroxyl groups is 1. The normalized spacial score (nSPS) is 25.3. The lowest BCUT2D eigenvalue weighted by Gasteiger charge is -2.21. The van der Waals surface area contributed by atoms with Crippen LogP contribution in [0.2, 0.25) is 0 Å². The van der Waals surface area contributed by atoms with Crippen LogP contribution in [0.15, 0.2) is 0 Å². The number of carbonyl (C=O) groups excluding carboxylic acids is 1. The minimum absolute atomic E-state index is 0.103. The Morgan fingerprint density at radius 2 is 2.23 bits per heavy atom. The van der Waals surface area contributed by atoms with E-state index in [1.165, 1.54) is 0 Å². The molecule has 4 heteroatoms. The molecule has 1 N–H and O–H groups in total. The van der Waals surface area contributed by atoms with Crippen molar-refractivity contribution in [2.45, 2.75) is 31.2 Å². The number of likely N-dealkylation sites (tertiary alicyclic amines) is 1. The van der Waals surface area contributed by atoms with Gasteiger partial charge in [-0.3, -0.25) is 4.79 Å². The zero-order valence-corrected chi connectivity index (χ0v) is 9.62. The maximum Gasteiger partial charge on any atom is 0.236 e. The molecule has 1 fully saturated rings. The molecule has 1 saturated heterocycles. The predicted molar refractivity (Wildman–Crippen MR) is 54.8 cm³/mol. The third-order valence-corrected chi connectivity index (χ3v) is 3.75. The molecular formula is C9H16BrNO2. The molecule has 0 aromatic rings. The molecule has 1 aliphatic heterocycles. The quantitative estimate of drug-likeness (QED) is 0.743. The second kappa shape index (κ2) is 4.42. The van der Waals surface area contributed by atoms with Crippen LogP contribution in [0, 0.1) is 5.92 Å². The van der Waals surface area contributed by atoms with E-state index in [-0.39, 0.29) is 16.8 Å². The van der Waals surface area contributed by atoms with Crippen molar-refractivity contribution in [3.63, 3.8) is 0 Å². The van der Waals surface area contributed by atoms with Crippen LogP contribution in [0.4, 0.5) is 0 Å². The van der Waals surface area contributed by atoms with E-state index in [0.717, 1.165) is 0 Å². The molecule has 0 spiro atoms. The first-order valence-corrected chi connectivity index (χ1v) is 5.55. The second-order valence-corrected chi connectivity index (χ2v) is 4.86. The molecule has 1 amide bonds. The van der Waals surface area contributed by atoms with E-state index >= 15 is 0 Å². The average Bonchev–Trinajstić information content (AvgIpc) is 2.49. The number of amides is 1. The highest BCUT2D eigenvalue weighted by Gasteiger charge is 2.29. The Bertz CT molecular complexity index is 196. The molecule has 0 aromatic heterocycles. The summed E-state index contributed by atoms with van der Waals surface area (Å²) >= 11 is 3.36. The Kier molecular flexibility index (Phi) is 3.74. The summed E-state index contributed by atoms with van der Waals surface area (Å²) < 4.78 is 0. The lowest BCUT2D eigenvalue weighted by molar-refractivity contribution is -0.130. The molecule has 0 aromatic carbocycles. The van der Waals surface area contributed by atoms with Crippen LogP contribution in [0.25, 0.3) is 0 Å². The van der Waals surface area contributed by atoms with Crippen molar-refractivity contribution in [1.82, 2.24) is 4.90 Å². The highest BCUT2D eigenvalue weighted by molar-refractivity contribution is 9.10. The van der Waals surface area contributed by atoms with Crippen molar-refractivity contribution < 1.29 is 9.90 Å². The molecule has 1 aliphatic rings. The number of β-amino-alcohol motifs (C(OH)–C–C–N with tert-alkyl or cyclic N) is 1. The maximum atomic E-state index is 11.7. The molecule has 0 aliphatic carbocycles. The van der Waals surface area contributed by atoms with Crippen LogP contribution in [-0.2, 0) is 4.79 Å². The summed E-state index contributed by atoms with van der Waals surface area (Å²) in [4.78, 5) is 13.3. The fourth-order valence-electron chi connectivity index (χ4n) is 1.40. The minimum Gasteiger partial charge on any atom is -0.391 e. The van der Waals surface area contributed by atoms with E-state index < -0.39 is 0 Å². The lowest BCUT2D eigenvalue weighted by atomic mass is 10.1. The van der Waals surface area contributed by atoms with Gasteiger partial charge in [0.05, 0.1) is 10.9 Å². The summed E-state index contributed by atoms with van der Waals surface area (Å²) in [5.74, 6) is 0.400. The number of nitrogens with zero attached hydrogens (tertiary/aromatic N) is 1. The number of alkyl halides is 1. The van der Waals surface area contributed by atoms with Crippen molar-refractivity contribution in [2.24, 2.45) is 5.92 Å². The van der Waals surface area contributed by atoms with Crippen LogP contribution in [0.5, 0.6) is 0 Å². The van der Waals surface area contributed by atoms with Gasteiger partial charge in [-0.2, -0.15) is 0 Å². The maximum absolute atomic E-state index is 11.7. The third kappa shape index (κ3) is 2.68. The van der Waals surface area contributed by atoms with Crippen LogP contribution in [-0.4, -0.2) is 39.9 Å². The van der Waals surface area contributed by atoms with Gasteiger partial charge in [-0.15, -0.1) is 0 Å². The molecule has 1 heterocycles. The van der Waals surface area contributed by atoms with E-state index in [1.54, 1.807) is 4.90 Å². The summed E-state index contributed by atoms with van der Waals surface area (Å²) in [6.45, 7) is 5.19. The molecular weight excluding hydrogens is 234 g/mol. The standard InChI is InChI=1S/C9H16BrNO2/c1-6(2)8(10)9(13)11-4-3-7(12)5-11/h6-8,12H,3-5H2,1-2H3/t7-,8?/m0/s1. The van der Waals surface area contributed by atoms with Gasteiger partial charge in [-0.25, -0.2) is 0 Å². The fourth-order valence-corrected chi connectivity index (χ4v) is 1.69. The highest BCUT2D eigenvalue weighted by Crippen LogP contribution is 2.18. The molecule has 3 nitrogen and oxygen atoms in total. The van der Waals surface area contributed by atoms with Gasteiger partial charge in [-0.1, -0.05) is 29.8 Å². The van der Waals surface area contributed by atoms with Gasteiger partial charge < -0.3 is 10.0 Å². The summed E-state index contributed by atoms with van der Waals surface area (Å²) in [5.41, 5.74) is 0. The van der Waals surface area contributed by atoms with Crippen molar-refractivity contribution in [2.75, 3.05) is 13.1 Å². The van der Waals surface area contributed by atoms with E-state index in [9.17, 15) is 9.90 Å². The summed E-state index contributed by atoms with van der Waals surface area (Å²) in [5, 5.41) is 9.26. The van der Waals surface area contributed by atoms with Gasteiger partial charge in [0, 0.05) is 13.1 Å². The van der Waals surface area contributed by atoms with Crippen LogP contribution >= 0.6 is 15.9 Å². The predicted octanol–water partition coefficient (Wildman–Crippen LogP) is 0.999. The number of hydrogen-bond acceptors (Lipinski definition) is 2. The smallest absolute Gasteiger partial charge is 0.236 e. The molecule has 0 bridgehead atoms. The Hall–Kier alpha value is -0.0900. The monoisotopic (exact) mass is 249 g/mol. The molecule has 0 radical (unpaired) electrons. The van der Waals surface area contributed by atoms with E-state index in [2.05, 4.69) is 15.9 Å². The number of halogens is 1. The van der Waals surface area contributed by atoms with E-state index in [4.69, 9.17) is 0 Å². The van der Waals surface area contributed by atoms with Gasteiger partial charge in [-0.05, 0) is 12.3 Å². The van der Waals surface area contributed by atoms with E-state index in [0.29, 0.717) is 25.4 Å². The van der Waals surface area contributed by atoms with Crippen molar-refractivity contribution in [3.05, 3.63) is 0 Å². The fraction of sp³-hybridized carbons (Fsp3) is 0.889. The number of carbonyl (C=O) groups is 1. The first-order valence-electron chi connectivity index (χ1n) is 4.63. The number of aliphatic hydroxyl groups excluding tert-OH is 1. The number of hydrogen-bond donors (Lipinski definition) is 1. The van der Waals surface area contributed by atoms with Crippen molar-refractivity contribution in [1.29, 1.82) is 0 Å². The largest absolute Gasteiger partial charge is 0.391 e. The van der Waals surface area contributed by atoms with E-state index in [1.807, 2.05) is 13.8 Å². The lowest BCUT2D eigenvalue weighted by Crippen LogP contribution is -2.37. The number of rotatable bonds is 2. The molecule has 13 heavy (non-hydrogen) atoms. The second-order valence-electron chi connectivity index (χ2n) is 3.87. The average molecular weight is 250 g/mol. The summed E-state index contributed by atoms with van der Waals surface area (Å²) in [7, 11) is 0. The topological polar surface area (TPSA) is 40.5 Å². The van der Waals surface area contributed by atoms with Gasteiger partial charge in [0.1, 0.15) is 0 Å². The van der Waals surface area contributed by atoms with Crippen LogP contribution in [0.3, 0.4) is 0 Å². The summed E-state index contributed by atoms with van der Waals surface area (Å²) in [6, 6.07) is 0. The summed E-state index contributed by atoms with van der Waals surface area (Å²) in [6.07, 6.45) is 0.389. The van der Waals surface area contributed by atoms with Gasteiger partial charge in [0.15, 0.2) is 0 Å². The molecule has 1 unspecified atom stereocenters. The first-order chi connectivity index (χ1) is 6.02. The molecule has 1 rings (SSSR count). The van der Waals surface area contributed by atoms with Gasteiger partial charge >= 0.3 is 0 Å².